The molecule has 0 fully saturated rings. The first-order chi connectivity index (χ1) is 9.54. The van der Waals surface area contributed by atoms with E-state index in [-0.39, 0.29) is 18.0 Å². The van der Waals surface area contributed by atoms with Gasteiger partial charge in [-0.05, 0) is 19.1 Å². The number of esters is 1. The molecule has 9 nitrogen and oxygen atoms in total. The highest BCUT2D eigenvalue weighted by Crippen LogP contribution is 2.31. The number of H-pyrrole nitrogens is 1. The molecule has 0 atom stereocenters. The topological polar surface area (TPSA) is 131 Å². The summed E-state index contributed by atoms with van der Waals surface area (Å²) in [4.78, 5) is 21.5. The normalized spacial score (nSPS) is 10.2. The van der Waals surface area contributed by atoms with Crippen molar-refractivity contribution in [1.29, 1.82) is 0 Å². The number of ether oxygens (including phenoxy) is 1. The molecule has 0 aliphatic rings. The van der Waals surface area contributed by atoms with Gasteiger partial charge in [-0.3, -0.25) is 10.1 Å². The number of aromatic amines is 1. The molecule has 1 aromatic carbocycles. The second-order valence-electron chi connectivity index (χ2n) is 3.70. The molecule has 1 aromatic heterocycles. The predicted octanol–water partition coefficient (Wildman–Crippen LogP) is 1.26. The molecule has 0 radical (unpaired) electrons. The van der Waals surface area contributed by atoms with Gasteiger partial charge in [-0.1, -0.05) is 0 Å². The zero-order valence-electron chi connectivity index (χ0n) is 10.4. The molecule has 1 heterocycles. The second-order valence-corrected chi connectivity index (χ2v) is 3.70. The Bertz CT molecular complexity index is 667. The van der Waals surface area contributed by atoms with Crippen molar-refractivity contribution in [2.75, 3.05) is 6.61 Å². The van der Waals surface area contributed by atoms with Crippen LogP contribution in [0.3, 0.4) is 0 Å². The zero-order valence-corrected chi connectivity index (χ0v) is 10.4. The van der Waals surface area contributed by atoms with Crippen LogP contribution in [0.4, 0.5) is 5.69 Å². The molecule has 2 rings (SSSR count). The second kappa shape index (κ2) is 5.34. The van der Waals surface area contributed by atoms with E-state index in [1.807, 2.05) is 0 Å². The number of carbonyl (C=O) groups excluding carboxylic acids is 1. The third kappa shape index (κ3) is 2.41. The summed E-state index contributed by atoms with van der Waals surface area (Å²) in [6.45, 7) is 1.83. The number of nitro groups is 1. The lowest BCUT2D eigenvalue weighted by Gasteiger charge is -2.02. The van der Waals surface area contributed by atoms with E-state index >= 15 is 0 Å². The van der Waals surface area contributed by atoms with Crippen LogP contribution in [0, 0.1) is 10.1 Å². The van der Waals surface area contributed by atoms with Gasteiger partial charge in [-0.15, -0.1) is 5.10 Å². The van der Waals surface area contributed by atoms with Crippen molar-refractivity contribution in [3.8, 4) is 17.0 Å². The Morgan fingerprint density at radius 1 is 1.50 bits per heavy atom. The number of nitro benzene ring substituents is 1. The minimum atomic E-state index is -0.714. The van der Waals surface area contributed by atoms with E-state index in [0.29, 0.717) is 5.56 Å². The molecule has 0 saturated heterocycles. The van der Waals surface area contributed by atoms with Gasteiger partial charge in [0.05, 0.1) is 11.5 Å². The van der Waals surface area contributed by atoms with Crippen molar-refractivity contribution in [3.63, 3.8) is 0 Å². The molecule has 9 heteroatoms. The molecule has 0 aliphatic carbocycles. The highest BCUT2D eigenvalue weighted by Gasteiger charge is 2.21. The van der Waals surface area contributed by atoms with Gasteiger partial charge in [0.25, 0.3) is 0 Å². The molecule has 0 unspecified atom stereocenters. The number of nitrogens with one attached hydrogen (secondary N) is 1. The van der Waals surface area contributed by atoms with Gasteiger partial charge in [0.15, 0.2) is 11.4 Å². The van der Waals surface area contributed by atoms with Crippen LogP contribution in [-0.2, 0) is 4.74 Å². The van der Waals surface area contributed by atoms with Gasteiger partial charge < -0.3 is 9.84 Å². The van der Waals surface area contributed by atoms with Crippen molar-refractivity contribution in [2.45, 2.75) is 6.92 Å². The number of hydrogen-bond donors (Lipinski definition) is 2. The van der Waals surface area contributed by atoms with Gasteiger partial charge in [-0.2, -0.15) is 10.3 Å². The fourth-order valence-corrected chi connectivity index (χ4v) is 1.60. The van der Waals surface area contributed by atoms with E-state index in [9.17, 15) is 20.0 Å². The first-order valence-corrected chi connectivity index (χ1v) is 5.60. The maximum absolute atomic E-state index is 11.6. The van der Waals surface area contributed by atoms with Gasteiger partial charge in [0.2, 0.25) is 0 Å². The molecule has 0 bridgehead atoms. The maximum atomic E-state index is 11.6. The monoisotopic (exact) mass is 278 g/mol. The van der Waals surface area contributed by atoms with E-state index < -0.39 is 22.3 Å². The van der Waals surface area contributed by atoms with Crippen molar-refractivity contribution < 1.29 is 19.6 Å². The van der Waals surface area contributed by atoms with Gasteiger partial charge in [-0.25, -0.2) is 4.79 Å². The average Bonchev–Trinajstić information content (AvgIpc) is 2.87. The third-order valence-corrected chi connectivity index (χ3v) is 2.46. The molecule has 0 aliphatic heterocycles. The number of aromatic nitrogens is 3. The van der Waals surface area contributed by atoms with Crippen LogP contribution in [0.25, 0.3) is 11.3 Å². The van der Waals surface area contributed by atoms with E-state index in [2.05, 4.69) is 15.4 Å². The molecule has 0 saturated carbocycles. The summed E-state index contributed by atoms with van der Waals surface area (Å²) in [5.74, 6) is -1.19. The largest absolute Gasteiger partial charge is 0.502 e. The Morgan fingerprint density at radius 3 is 2.85 bits per heavy atom. The summed E-state index contributed by atoms with van der Waals surface area (Å²) in [6.07, 6.45) is 0. The Balaban J connectivity index is 2.43. The number of hydrogen-bond acceptors (Lipinski definition) is 7. The predicted molar refractivity (Wildman–Crippen MR) is 66.1 cm³/mol. The number of phenols is 1. The van der Waals surface area contributed by atoms with E-state index in [1.54, 1.807) is 6.92 Å². The van der Waals surface area contributed by atoms with Crippen molar-refractivity contribution in [3.05, 3.63) is 34.0 Å². The first kappa shape index (κ1) is 13.5. The van der Waals surface area contributed by atoms with Gasteiger partial charge >= 0.3 is 11.7 Å². The van der Waals surface area contributed by atoms with Crippen LogP contribution in [0.5, 0.6) is 5.75 Å². The van der Waals surface area contributed by atoms with E-state index in [1.165, 1.54) is 6.07 Å². The number of phenolic OH excluding ortho intramolecular Hbond substituents is 1. The SMILES string of the molecule is CCOC(=O)c1n[nH]nc1-c1ccc([N+](=O)[O-])c(O)c1. The lowest BCUT2D eigenvalue weighted by Crippen LogP contribution is -2.06. The molecule has 0 spiro atoms. The molecule has 0 amide bonds. The quantitative estimate of drug-likeness (QED) is 0.488. The Labute approximate surface area is 112 Å². The fourth-order valence-electron chi connectivity index (χ4n) is 1.60. The summed E-state index contributed by atoms with van der Waals surface area (Å²) in [5, 5.41) is 29.9. The van der Waals surface area contributed by atoms with Crippen LogP contribution < -0.4 is 0 Å². The number of carbonyl (C=O) groups is 1. The van der Waals surface area contributed by atoms with Gasteiger partial charge in [0.1, 0.15) is 5.69 Å². The smallest absolute Gasteiger partial charge is 0.361 e. The summed E-state index contributed by atoms with van der Waals surface area (Å²) in [7, 11) is 0. The number of rotatable bonds is 4. The van der Waals surface area contributed by atoms with Crippen LogP contribution in [-0.4, -0.2) is 38.0 Å². The maximum Gasteiger partial charge on any atom is 0.361 e. The number of benzene rings is 1. The van der Waals surface area contributed by atoms with Crippen LogP contribution in [0.15, 0.2) is 18.2 Å². The molecule has 2 N–H and O–H groups in total. The van der Waals surface area contributed by atoms with E-state index in [4.69, 9.17) is 4.74 Å². The number of nitrogens with zero attached hydrogens (tertiary/aromatic N) is 3. The van der Waals surface area contributed by atoms with Crippen molar-refractivity contribution in [2.24, 2.45) is 0 Å². The van der Waals surface area contributed by atoms with Crippen LogP contribution in [0.1, 0.15) is 17.4 Å². The van der Waals surface area contributed by atoms with Gasteiger partial charge in [0, 0.05) is 11.6 Å². The first-order valence-electron chi connectivity index (χ1n) is 5.60. The standard InChI is InChI=1S/C11H10N4O5/c1-2-20-11(17)10-9(12-14-13-10)6-3-4-7(15(18)19)8(16)5-6/h3-5,16H,2H2,1H3,(H,12,13,14). The molecular weight excluding hydrogens is 268 g/mol. The lowest BCUT2D eigenvalue weighted by molar-refractivity contribution is -0.385. The Morgan fingerprint density at radius 2 is 2.25 bits per heavy atom. The van der Waals surface area contributed by atoms with E-state index in [0.717, 1.165) is 12.1 Å². The Hall–Kier alpha value is -2.97. The Kier molecular flexibility index (Phi) is 3.60. The summed E-state index contributed by atoms with van der Waals surface area (Å²) in [6, 6.07) is 3.62. The van der Waals surface area contributed by atoms with Crippen LogP contribution >= 0.6 is 0 Å². The average molecular weight is 278 g/mol. The molecular formula is C11H10N4O5. The van der Waals surface area contributed by atoms with Crippen LogP contribution in [0.2, 0.25) is 0 Å². The lowest BCUT2D eigenvalue weighted by atomic mass is 10.1. The van der Waals surface area contributed by atoms with Crippen molar-refractivity contribution >= 4 is 11.7 Å². The third-order valence-electron chi connectivity index (χ3n) is 2.46. The van der Waals surface area contributed by atoms with Crippen molar-refractivity contribution in [1.82, 2.24) is 15.4 Å². The minimum absolute atomic E-state index is 0.0555. The minimum Gasteiger partial charge on any atom is -0.502 e. The summed E-state index contributed by atoms with van der Waals surface area (Å²) in [5.41, 5.74) is -0.0337. The molecule has 2 aromatic rings. The summed E-state index contributed by atoms with van der Waals surface area (Å²) >= 11 is 0. The highest BCUT2D eigenvalue weighted by atomic mass is 16.6. The zero-order chi connectivity index (χ0) is 14.7. The summed E-state index contributed by atoms with van der Waals surface area (Å²) < 4.78 is 4.81. The molecule has 104 valence electrons. The fraction of sp³-hybridized carbons (Fsp3) is 0.182. The number of aromatic hydroxyl groups is 1. The molecule has 20 heavy (non-hydrogen) atoms. The highest BCUT2D eigenvalue weighted by molar-refractivity contribution is 5.94.